The predicted molar refractivity (Wildman–Crippen MR) is 71.2 cm³/mol. The zero-order valence-electron chi connectivity index (χ0n) is 11.4. The monoisotopic (exact) mass is 264 g/mol. The summed E-state index contributed by atoms with van der Waals surface area (Å²) >= 11 is 0. The lowest BCUT2D eigenvalue weighted by atomic mass is 9.81. The highest BCUT2D eigenvalue weighted by Crippen LogP contribution is 2.57. The lowest BCUT2D eigenvalue weighted by Crippen LogP contribution is -2.40. The van der Waals surface area contributed by atoms with Crippen LogP contribution in [0.1, 0.15) is 46.0 Å². The first kappa shape index (κ1) is 13.8. The number of hydrogen-bond donors (Lipinski definition) is 3. The molecule has 3 N–H and O–H groups in total. The molecule has 0 radical (unpaired) electrons. The number of aliphatic carboxylic acids is 1. The Labute approximate surface area is 112 Å². The summed E-state index contributed by atoms with van der Waals surface area (Å²) in [5.41, 5.74) is 0.159. The summed E-state index contributed by atoms with van der Waals surface area (Å²) in [6, 6.07) is 0. The SMILES string of the molecule is CC(=O)C12CCC(N/C(C)=C(\C=N)C(=O)O)(CC1)C2. The van der Waals surface area contributed by atoms with Crippen LogP contribution in [0.2, 0.25) is 0 Å². The van der Waals surface area contributed by atoms with Crippen LogP contribution >= 0.6 is 0 Å². The van der Waals surface area contributed by atoms with Gasteiger partial charge in [-0.05, 0) is 46.0 Å². The average molecular weight is 264 g/mol. The third-order valence-electron chi connectivity index (χ3n) is 4.82. The molecule has 0 aromatic heterocycles. The number of carboxylic acids is 1. The molecule has 2 fully saturated rings. The molecule has 2 bridgehead atoms. The van der Waals surface area contributed by atoms with E-state index in [0.717, 1.165) is 38.3 Å². The zero-order chi connectivity index (χ0) is 14.3. The van der Waals surface area contributed by atoms with E-state index >= 15 is 0 Å². The van der Waals surface area contributed by atoms with E-state index in [4.69, 9.17) is 10.5 Å². The van der Waals surface area contributed by atoms with E-state index in [0.29, 0.717) is 5.70 Å². The first-order valence-corrected chi connectivity index (χ1v) is 6.58. The van der Waals surface area contributed by atoms with Gasteiger partial charge in [-0.3, -0.25) is 4.79 Å². The Morgan fingerprint density at radius 3 is 2.16 bits per heavy atom. The Morgan fingerprint density at radius 1 is 1.21 bits per heavy atom. The first-order valence-electron chi connectivity index (χ1n) is 6.58. The van der Waals surface area contributed by atoms with Gasteiger partial charge < -0.3 is 15.8 Å². The largest absolute Gasteiger partial charge is 0.478 e. The highest BCUT2D eigenvalue weighted by Gasteiger charge is 2.56. The van der Waals surface area contributed by atoms with Crippen LogP contribution in [0.4, 0.5) is 0 Å². The van der Waals surface area contributed by atoms with Crippen molar-refractivity contribution >= 4 is 18.0 Å². The molecule has 0 spiro atoms. The van der Waals surface area contributed by atoms with Gasteiger partial charge in [-0.15, -0.1) is 0 Å². The van der Waals surface area contributed by atoms with Crippen LogP contribution in [-0.2, 0) is 9.59 Å². The number of nitrogens with one attached hydrogen (secondary N) is 2. The van der Waals surface area contributed by atoms with Crippen molar-refractivity contribution in [1.29, 1.82) is 5.41 Å². The second-order valence-electron chi connectivity index (χ2n) is 5.91. The minimum Gasteiger partial charge on any atom is -0.478 e. The van der Waals surface area contributed by atoms with Crippen LogP contribution in [0, 0.1) is 10.8 Å². The second kappa shape index (κ2) is 4.47. The van der Waals surface area contributed by atoms with Gasteiger partial charge in [0, 0.05) is 22.9 Å². The molecule has 19 heavy (non-hydrogen) atoms. The minimum atomic E-state index is -1.09. The Morgan fingerprint density at radius 2 is 1.79 bits per heavy atom. The molecule has 2 saturated carbocycles. The van der Waals surface area contributed by atoms with Crippen molar-refractivity contribution in [2.75, 3.05) is 0 Å². The van der Waals surface area contributed by atoms with Gasteiger partial charge in [0.25, 0.3) is 0 Å². The van der Waals surface area contributed by atoms with Crippen molar-refractivity contribution in [1.82, 2.24) is 5.32 Å². The third kappa shape index (κ3) is 2.17. The molecule has 0 unspecified atom stereocenters. The van der Waals surface area contributed by atoms with Crippen molar-refractivity contribution in [3.05, 3.63) is 11.3 Å². The standard InChI is InChI=1S/C14H20N2O3/c1-9(11(7-15)12(18)19)16-14-5-3-13(8-14,4-6-14)10(2)17/h7,15-16H,3-6,8H2,1-2H3,(H,18,19)/b11-9+,15-7?. The molecule has 5 heteroatoms. The van der Waals surface area contributed by atoms with Gasteiger partial charge in [-0.1, -0.05) is 0 Å². The minimum absolute atomic E-state index is 0.0124. The van der Waals surface area contributed by atoms with Crippen LogP contribution in [0.3, 0.4) is 0 Å². The average Bonchev–Trinajstić information content (AvgIpc) is 2.85. The van der Waals surface area contributed by atoms with Crippen LogP contribution in [0.15, 0.2) is 11.3 Å². The highest BCUT2D eigenvalue weighted by atomic mass is 16.4. The molecule has 104 valence electrons. The van der Waals surface area contributed by atoms with Crippen molar-refractivity contribution in [2.24, 2.45) is 5.41 Å². The lowest BCUT2D eigenvalue weighted by Gasteiger charge is -2.30. The van der Waals surface area contributed by atoms with E-state index in [1.807, 2.05) is 0 Å². The number of allylic oxidation sites excluding steroid dienone is 1. The van der Waals surface area contributed by atoms with Crippen LogP contribution in [0.25, 0.3) is 0 Å². The summed E-state index contributed by atoms with van der Waals surface area (Å²) in [7, 11) is 0. The van der Waals surface area contributed by atoms with Gasteiger partial charge in [0.2, 0.25) is 0 Å². The number of carboxylic acid groups (broad SMARTS) is 1. The third-order valence-corrected chi connectivity index (χ3v) is 4.82. The van der Waals surface area contributed by atoms with Gasteiger partial charge in [0.15, 0.2) is 0 Å². The van der Waals surface area contributed by atoms with E-state index in [1.165, 1.54) is 0 Å². The summed E-state index contributed by atoms with van der Waals surface area (Å²) in [6.07, 6.45) is 5.22. The maximum atomic E-state index is 11.8. The van der Waals surface area contributed by atoms with Gasteiger partial charge in [0.05, 0.1) is 5.57 Å². The number of carbonyl (C=O) groups is 2. The van der Waals surface area contributed by atoms with Crippen LogP contribution in [0.5, 0.6) is 0 Å². The number of rotatable bonds is 5. The summed E-state index contributed by atoms with van der Waals surface area (Å²) in [6.45, 7) is 3.35. The lowest BCUT2D eigenvalue weighted by molar-refractivity contribution is -0.132. The summed E-state index contributed by atoms with van der Waals surface area (Å²) < 4.78 is 0. The van der Waals surface area contributed by atoms with Gasteiger partial charge in [-0.2, -0.15) is 0 Å². The van der Waals surface area contributed by atoms with E-state index < -0.39 is 5.97 Å². The van der Waals surface area contributed by atoms with Crippen molar-refractivity contribution in [3.63, 3.8) is 0 Å². The predicted octanol–water partition coefficient (Wildman–Crippen LogP) is 1.88. The fourth-order valence-corrected chi connectivity index (χ4v) is 3.65. The summed E-state index contributed by atoms with van der Waals surface area (Å²) in [4.78, 5) is 22.8. The first-order chi connectivity index (χ1) is 8.84. The van der Waals surface area contributed by atoms with Crippen molar-refractivity contribution < 1.29 is 14.7 Å². The molecule has 2 aliphatic carbocycles. The molecule has 0 aliphatic heterocycles. The van der Waals surface area contributed by atoms with Crippen molar-refractivity contribution in [2.45, 2.75) is 51.5 Å². The molecular weight excluding hydrogens is 244 g/mol. The van der Waals surface area contributed by atoms with Gasteiger partial charge in [-0.25, -0.2) is 4.79 Å². The maximum absolute atomic E-state index is 11.8. The fourth-order valence-electron chi connectivity index (χ4n) is 3.65. The second-order valence-corrected chi connectivity index (χ2v) is 5.91. The molecule has 0 aromatic rings. The normalized spacial score (nSPS) is 33.8. The summed E-state index contributed by atoms with van der Waals surface area (Å²) in [5, 5.41) is 19.5. The molecule has 0 aromatic carbocycles. The number of Topliss-reactive ketones (excluding diaryl/α,β-unsaturated/α-hetero) is 1. The molecular formula is C14H20N2O3. The summed E-state index contributed by atoms with van der Waals surface area (Å²) in [5.74, 6) is -0.842. The number of fused-ring (bicyclic) bond motifs is 2. The molecule has 2 rings (SSSR count). The Bertz CT molecular complexity index is 471. The fraction of sp³-hybridized carbons (Fsp3) is 0.643. The van der Waals surface area contributed by atoms with Gasteiger partial charge >= 0.3 is 5.97 Å². The van der Waals surface area contributed by atoms with Crippen LogP contribution < -0.4 is 5.32 Å². The van der Waals surface area contributed by atoms with Crippen LogP contribution in [-0.4, -0.2) is 28.6 Å². The zero-order valence-corrected chi connectivity index (χ0v) is 11.4. The van der Waals surface area contributed by atoms with Gasteiger partial charge in [0.1, 0.15) is 5.78 Å². The number of hydrogen-bond acceptors (Lipinski definition) is 4. The molecule has 0 heterocycles. The van der Waals surface area contributed by atoms with E-state index in [2.05, 4.69) is 5.32 Å². The maximum Gasteiger partial charge on any atom is 0.339 e. The van der Waals surface area contributed by atoms with E-state index in [1.54, 1.807) is 13.8 Å². The smallest absolute Gasteiger partial charge is 0.339 e. The van der Waals surface area contributed by atoms with E-state index in [9.17, 15) is 9.59 Å². The highest BCUT2D eigenvalue weighted by molar-refractivity contribution is 6.08. The Balaban J connectivity index is 2.20. The topological polar surface area (TPSA) is 90.3 Å². The quantitative estimate of drug-likeness (QED) is 0.522. The molecule has 0 amide bonds. The Kier molecular flexibility index (Phi) is 3.24. The molecule has 0 saturated heterocycles. The van der Waals surface area contributed by atoms with E-state index in [-0.39, 0.29) is 22.3 Å². The van der Waals surface area contributed by atoms with Crippen molar-refractivity contribution in [3.8, 4) is 0 Å². The Hall–Kier alpha value is -1.65. The molecule has 5 nitrogen and oxygen atoms in total. The number of carbonyl (C=O) groups excluding carboxylic acids is 1. The molecule has 0 atom stereocenters. The number of ketones is 1. The molecule has 2 aliphatic rings.